The summed E-state index contributed by atoms with van der Waals surface area (Å²) in [6.45, 7) is 3.93. The van der Waals surface area contributed by atoms with E-state index in [0.29, 0.717) is 16.9 Å². The van der Waals surface area contributed by atoms with Gasteiger partial charge in [-0.15, -0.1) is 5.10 Å². The van der Waals surface area contributed by atoms with E-state index in [2.05, 4.69) is 22.4 Å². The summed E-state index contributed by atoms with van der Waals surface area (Å²) in [5.41, 5.74) is 5.57. The van der Waals surface area contributed by atoms with E-state index >= 15 is 0 Å². The van der Waals surface area contributed by atoms with Crippen molar-refractivity contribution in [2.45, 2.75) is 26.8 Å². The highest BCUT2D eigenvalue weighted by Gasteiger charge is 2.15. The lowest BCUT2D eigenvalue weighted by Crippen LogP contribution is -2.28. The molecule has 160 valence electrons. The van der Waals surface area contributed by atoms with Crippen molar-refractivity contribution in [3.05, 3.63) is 88.6 Å². The fourth-order valence-electron chi connectivity index (χ4n) is 3.66. The van der Waals surface area contributed by atoms with Crippen LogP contribution in [0.5, 0.6) is 0 Å². The van der Waals surface area contributed by atoms with Gasteiger partial charge in [-0.1, -0.05) is 48.9 Å². The molecule has 32 heavy (non-hydrogen) atoms. The average Bonchev–Trinajstić information content (AvgIpc) is 3.36. The molecule has 0 unspecified atom stereocenters. The number of hydrogen-bond acceptors (Lipinski definition) is 4. The Labute approximate surface area is 183 Å². The summed E-state index contributed by atoms with van der Waals surface area (Å²) in [6, 6.07) is 17.6. The van der Waals surface area contributed by atoms with Crippen LogP contribution in [-0.2, 0) is 17.8 Å². The van der Waals surface area contributed by atoms with Crippen LogP contribution in [0.15, 0.2) is 71.8 Å². The van der Waals surface area contributed by atoms with Crippen LogP contribution in [0.2, 0.25) is 0 Å². The summed E-state index contributed by atoms with van der Waals surface area (Å²) < 4.78 is 4.29. The second-order valence-electron chi connectivity index (χ2n) is 7.76. The lowest BCUT2D eigenvalue weighted by molar-refractivity contribution is -0.117. The Morgan fingerprint density at radius 2 is 1.75 bits per heavy atom. The molecule has 5 aromatic rings. The molecule has 5 rings (SSSR count). The van der Waals surface area contributed by atoms with Crippen molar-refractivity contribution in [1.82, 2.24) is 23.8 Å². The molecular formula is C24H22N6O2. The van der Waals surface area contributed by atoms with Crippen LogP contribution in [0, 0.1) is 6.92 Å². The normalized spacial score (nSPS) is 11.3. The molecule has 0 saturated heterocycles. The first kappa shape index (κ1) is 19.7. The first-order valence-corrected chi connectivity index (χ1v) is 10.5. The summed E-state index contributed by atoms with van der Waals surface area (Å²) in [7, 11) is 0. The van der Waals surface area contributed by atoms with Crippen LogP contribution in [0.1, 0.15) is 18.1 Å². The van der Waals surface area contributed by atoms with E-state index in [9.17, 15) is 9.59 Å². The number of aryl methyl sites for hydroxylation is 2. The quantitative estimate of drug-likeness (QED) is 0.467. The number of anilines is 1. The molecule has 0 aliphatic carbocycles. The van der Waals surface area contributed by atoms with Gasteiger partial charge in [0.25, 0.3) is 0 Å². The average molecular weight is 426 g/mol. The highest BCUT2D eigenvalue weighted by atomic mass is 16.2. The van der Waals surface area contributed by atoms with Gasteiger partial charge in [-0.25, -0.2) is 18.4 Å². The topological polar surface area (TPSA) is 85.7 Å². The van der Waals surface area contributed by atoms with Gasteiger partial charge in [-0.2, -0.15) is 5.10 Å². The summed E-state index contributed by atoms with van der Waals surface area (Å²) in [5.74, 6) is -0.315. The number of carbonyl (C=O) groups excluding carboxylic acids is 1. The van der Waals surface area contributed by atoms with Gasteiger partial charge in [0, 0.05) is 23.6 Å². The fraction of sp³-hybridized carbons (Fsp3) is 0.167. The van der Waals surface area contributed by atoms with Gasteiger partial charge < -0.3 is 5.32 Å². The zero-order valence-electron chi connectivity index (χ0n) is 17.8. The fourth-order valence-corrected chi connectivity index (χ4v) is 3.66. The molecule has 0 aliphatic rings. The summed E-state index contributed by atoms with van der Waals surface area (Å²) in [4.78, 5) is 25.3. The Morgan fingerprint density at radius 3 is 2.47 bits per heavy atom. The second kappa shape index (κ2) is 7.81. The largest absolute Gasteiger partial charge is 0.350 e. The predicted octanol–water partition coefficient (Wildman–Crippen LogP) is 3.32. The molecule has 0 fully saturated rings. The van der Waals surface area contributed by atoms with Crippen molar-refractivity contribution in [2.75, 3.05) is 5.32 Å². The Bertz CT molecular complexity index is 1490. The van der Waals surface area contributed by atoms with Gasteiger partial charge in [-0.3, -0.25) is 4.79 Å². The van der Waals surface area contributed by atoms with Crippen LogP contribution in [-0.4, -0.2) is 29.7 Å². The summed E-state index contributed by atoms with van der Waals surface area (Å²) >= 11 is 0. The van der Waals surface area contributed by atoms with E-state index in [-0.39, 0.29) is 18.1 Å². The minimum absolute atomic E-state index is 0.179. The van der Waals surface area contributed by atoms with Gasteiger partial charge in [0.2, 0.25) is 5.91 Å². The lowest BCUT2D eigenvalue weighted by Gasteiger charge is -2.05. The third kappa shape index (κ3) is 3.56. The number of nitrogens with zero attached hydrogens (tertiary/aromatic N) is 5. The molecule has 1 amide bonds. The molecule has 0 radical (unpaired) electrons. The SMILES string of the molecule is CCc1ccc(NC(=O)Cn2nc3c4cc(-c5ccc(C)cc5)nn4ccn3c2=O)cc1. The molecule has 1 N–H and O–H groups in total. The summed E-state index contributed by atoms with van der Waals surface area (Å²) in [5, 5.41) is 11.8. The molecule has 0 atom stereocenters. The van der Waals surface area contributed by atoms with Gasteiger partial charge in [0.05, 0.1) is 5.69 Å². The number of rotatable bonds is 5. The van der Waals surface area contributed by atoms with Crippen LogP contribution >= 0.6 is 0 Å². The van der Waals surface area contributed by atoms with Crippen LogP contribution < -0.4 is 11.0 Å². The lowest BCUT2D eigenvalue weighted by atomic mass is 10.1. The molecule has 8 heteroatoms. The van der Waals surface area contributed by atoms with Gasteiger partial charge >= 0.3 is 5.69 Å². The zero-order valence-corrected chi connectivity index (χ0v) is 17.8. The Balaban J connectivity index is 1.45. The summed E-state index contributed by atoms with van der Waals surface area (Å²) in [6.07, 6.45) is 4.25. The maximum absolute atomic E-state index is 12.8. The van der Waals surface area contributed by atoms with Crippen molar-refractivity contribution >= 4 is 22.8 Å². The van der Waals surface area contributed by atoms with Crippen molar-refractivity contribution in [3.63, 3.8) is 0 Å². The first-order valence-electron chi connectivity index (χ1n) is 10.5. The third-order valence-electron chi connectivity index (χ3n) is 5.48. The molecular weight excluding hydrogens is 404 g/mol. The molecule has 0 saturated carbocycles. The van der Waals surface area contributed by atoms with Crippen molar-refractivity contribution in [3.8, 4) is 11.3 Å². The van der Waals surface area contributed by atoms with Crippen LogP contribution in [0.25, 0.3) is 22.4 Å². The highest BCUT2D eigenvalue weighted by molar-refractivity contribution is 5.90. The van der Waals surface area contributed by atoms with Gasteiger partial charge in [0.1, 0.15) is 12.1 Å². The molecule has 0 bridgehead atoms. The first-order chi connectivity index (χ1) is 15.5. The molecule has 0 aliphatic heterocycles. The van der Waals surface area contributed by atoms with Crippen molar-refractivity contribution in [2.24, 2.45) is 0 Å². The van der Waals surface area contributed by atoms with E-state index in [1.54, 1.807) is 16.9 Å². The Kier molecular flexibility index (Phi) is 4.82. The predicted molar refractivity (Wildman–Crippen MR) is 123 cm³/mol. The number of hydrogen-bond donors (Lipinski definition) is 1. The number of amides is 1. The smallest absolute Gasteiger partial charge is 0.324 e. The van der Waals surface area contributed by atoms with Crippen LogP contribution in [0.4, 0.5) is 5.69 Å². The van der Waals surface area contributed by atoms with Gasteiger partial charge in [-0.05, 0) is 37.1 Å². The standard InChI is InChI=1S/C24H22N6O2/c1-3-17-6-10-19(11-7-17)25-22(31)15-30-24(32)28-12-13-29-21(23(28)27-30)14-20(26-29)18-8-4-16(2)5-9-18/h4-14H,3,15H2,1-2H3,(H,25,31). The highest BCUT2D eigenvalue weighted by Crippen LogP contribution is 2.21. The van der Waals surface area contributed by atoms with Crippen molar-refractivity contribution in [1.29, 1.82) is 0 Å². The zero-order chi connectivity index (χ0) is 22.2. The molecule has 0 spiro atoms. The van der Waals surface area contributed by atoms with E-state index in [1.165, 1.54) is 20.2 Å². The molecule has 3 aromatic heterocycles. The number of fused-ring (bicyclic) bond motifs is 3. The molecule has 2 aromatic carbocycles. The van der Waals surface area contributed by atoms with Crippen molar-refractivity contribution < 1.29 is 4.79 Å². The van der Waals surface area contributed by atoms with E-state index < -0.39 is 0 Å². The monoisotopic (exact) mass is 426 g/mol. The molecule has 3 heterocycles. The second-order valence-corrected chi connectivity index (χ2v) is 7.76. The Hall–Kier alpha value is -4.20. The Morgan fingerprint density at radius 1 is 1.00 bits per heavy atom. The maximum atomic E-state index is 12.8. The maximum Gasteiger partial charge on any atom is 0.350 e. The molecule has 8 nitrogen and oxygen atoms in total. The van der Waals surface area contributed by atoms with E-state index in [0.717, 1.165) is 17.7 Å². The van der Waals surface area contributed by atoms with Crippen LogP contribution in [0.3, 0.4) is 0 Å². The van der Waals surface area contributed by atoms with E-state index in [1.807, 2.05) is 61.5 Å². The number of nitrogens with one attached hydrogen (secondary N) is 1. The van der Waals surface area contributed by atoms with E-state index in [4.69, 9.17) is 0 Å². The number of carbonyl (C=O) groups is 1. The minimum atomic E-state index is -0.378. The van der Waals surface area contributed by atoms with Gasteiger partial charge in [0.15, 0.2) is 5.65 Å². The number of benzene rings is 2. The number of aromatic nitrogens is 5. The minimum Gasteiger partial charge on any atom is -0.324 e. The third-order valence-corrected chi connectivity index (χ3v) is 5.48.